The van der Waals surface area contributed by atoms with E-state index in [1.807, 2.05) is 16.8 Å². The van der Waals surface area contributed by atoms with Crippen molar-refractivity contribution in [1.82, 2.24) is 20.0 Å². The Morgan fingerprint density at radius 2 is 1.70 bits per heavy atom. The first-order chi connectivity index (χ1) is 14.8. The number of fused-ring (bicyclic) bond motifs is 2. The third-order valence-electron chi connectivity index (χ3n) is 5.58. The van der Waals surface area contributed by atoms with Gasteiger partial charge in [-0.3, -0.25) is 9.98 Å². The number of amidine groups is 2. The minimum Gasteiger partial charge on any atom is -0.456 e. The smallest absolute Gasteiger partial charge is 0.148 e. The molecule has 4 aromatic rings. The van der Waals surface area contributed by atoms with Crippen molar-refractivity contribution in [3.05, 3.63) is 60.0 Å². The molecule has 1 aromatic carbocycles. The van der Waals surface area contributed by atoms with E-state index in [0.29, 0.717) is 0 Å². The highest BCUT2D eigenvalue weighted by molar-refractivity contribution is 6.02. The number of nitrogens with zero attached hydrogens (tertiary/aromatic N) is 4. The first-order valence-corrected chi connectivity index (χ1v) is 10.4. The van der Waals surface area contributed by atoms with Crippen LogP contribution in [0.2, 0.25) is 0 Å². The van der Waals surface area contributed by atoms with E-state index >= 15 is 0 Å². The first kappa shape index (κ1) is 17.3. The van der Waals surface area contributed by atoms with Gasteiger partial charge in [-0.2, -0.15) is 0 Å². The fraction of sp³-hybridized carbons (Fsp3) is 0.261. The summed E-state index contributed by atoms with van der Waals surface area (Å²) in [5, 5.41) is 7.78. The van der Waals surface area contributed by atoms with Gasteiger partial charge in [0.1, 0.15) is 34.4 Å². The Balaban J connectivity index is 1.36. The number of aromatic nitrogens is 2. The van der Waals surface area contributed by atoms with Gasteiger partial charge in [-0.05, 0) is 37.1 Å². The average molecular weight is 398 g/mol. The van der Waals surface area contributed by atoms with E-state index < -0.39 is 0 Å². The molecule has 7 heteroatoms. The molecule has 0 spiro atoms. The van der Waals surface area contributed by atoms with Gasteiger partial charge in [0.25, 0.3) is 0 Å². The zero-order valence-electron chi connectivity index (χ0n) is 16.6. The Morgan fingerprint density at radius 3 is 2.50 bits per heavy atom. The number of pyridine rings is 1. The maximum absolute atomic E-state index is 6.20. The van der Waals surface area contributed by atoms with E-state index in [1.54, 1.807) is 0 Å². The van der Waals surface area contributed by atoms with E-state index in [4.69, 9.17) is 9.40 Å². The molecule has 0 atom stereocenters. The van der Waals surface area contributed by atoms with Crippen LogP contribution in [-0.4, -0.2) is 47.2 Å². The first-order valence-electron chi connectivity index (χ1n) is 10.4. The number of benzene rings is 1. The second-order valence-corrected chi connectivity index (χ2v) is 7.69. The van der Waals surface area contributed by atoms with Crippen LogP contribution in [0.1, 0.15) is 24.1 Å². The van der Waals surface area contributed by atoms with Gasteiger partial charge >= 0.3 is 0 Å². The van der Waals surface area contributed by atoms with Crippen LogP contribution in [-0.2, 0) is 0 Å². The number of aliphatic imine (C=N–C) groups is 2. The van der Waals surface area contributed by atoms with Crippen molar-refractivity contribution >= 4 is 28.3 Å². The quantitative estimate of drug-likeness (QED) is 0.555. The zero-order valence-corrected chi connectivity index (χ0v) is 16.6. The van der Waals surface area contributed by atoms with Crippen LogP contribution < -0.4 is 10.6 Å². The van der Waals surface area contributed by atoms with Gasteiger partial charge in [-0.15, -0.1) is 0 Å². The number of furan rings is 1. The molecule has 7 nitrogen and oxygen atoms in total. The molecule has 0 saturated carbocycles. The third kappa shape index (κ3) is 3.03. The number of imidazole rings is 1. The average Bonchev–Trinajstić information content (AvgIpc) is 3.43. The Bertz CT molecular complexity index is 1290. The molecule has 0 bridgehead atoms. The Kier molecular flexibility index (Phi) is 4.04. The molecule has 5 heterocycles. The third-order valence-corrected chi connectivity index (χ3v) is 5.58. The molecule has 2 aliphatic heterocycles. The second kappa shape index (κ2) is 7.02. The predicted molar refractivity (Wildman–Crippen MR) is 118 cm³/mol. The summed E-state index contributed by atoms with van der Waals surface area (Å²) < 4.78 is 8.22. The van der Waals surface area contributed by atoms with E-state index in [0.717, 1.165) is 89.9 Å². The molecular weight excluding hydrogens is 376 g/mol. The summed E-state index contributed by atoms with van der Waals surface area (Å²) in [6, 6.07) is 12.4. The number of rotatable bonds is 3. The SMILES string of the molecule is c1cc2cc(-c3ccn4cc(C5=NCCCN5)nc4c3)oc2cc1C1=NCCCN1. The van der Waals surface area contributed by atoms with Gasteiger partial charge < -0.3 is 19.5 Å². The molecule has 0 fully saturated rings. The van der Waals surface area contributed by atoms with Crippen LogP contribution in [0.3, 0.4) is 0 Å². The van der Waals surface area contributed by atoms with Crippen molar-refractivity contribution in [3.8, 4) is 11.3 Å². The highest BCUT2D eigenvalue weighted by Crippen LogP contribution is 2.29. The molecule has 0 radical (unpaired) electrons. The van der Waals surface area contributed by atoms with Gasteiger partial charge in [0, 0.05) is 55.1 Å². The summed E-state index contributed by atoms with van der Waals surface area (Å²) in [6.07, 6.45) is 6.18. The normalized spacial score (nSPS) is 16.8. The van der Waals surface area contributed by atoms with Crippen molar-refractivity contribution in [2.24, 2.45) is 9.98 Å². The summed E-state index contributed by atoms with van der Waals surface area (Å²) in [4.78, 5) is 13.9. The van der Waals surface area contributed by atoms with E-state index in [9.17, 15) is 0 Å². The minimum atomic E-state index is 0.834. The molecular formula is C23H22N6O. The van der Waals surface area contributed by atoms with Gasteiger partial charge in [0.05, 0.1) is 0 Å². The molecule has 30 heavy (non-hydrogen) atoms. The molecule has 2 aliphatic rings. The van der Waals surface area contributed by atoms with Gasteiger partial charge in [-0.25, -0.2) is 4.98 Å². The van der Waals surface area contributed by atoms with Crippen LogP contribution in [0.25, 0.3) is 27.9 Å². The van der Waals surface area contributed by atoms with E-state index in [1.165, 1.54) is 0 Å². The summed E-state index contributed by atoms with van der Waals surface area (Å²) in [6.45, 7) is 3.64. The Morgan fingerprint density at radius 1 is 0.867 bits per heavy atom. The van der Waals surface area contributed by atoms with E-state index in [2.05, 4.69) is 57.0 Å². The lowest BCUT2D eigenvalue weighted by atomic mass is 10.1. The Labute approximate surface area is 173 Å². The zero-order chi connectivity index (χ0) is 19.9. The maximum Gasteiger partial charge on any atom is 0.148 e. The minimum absolute atomic E-state index is 0.834. The van der Waals surface area contributed by atoms with Crippen LogP contribution in [0.5, 0.6) is 0 Å². The highest BCUT2D eigenvalue weighted by atomic mass is 16.3. The number of hydrogen-bond donors (Lipinski definition) is 2. The van der Waals surface area contributed by atoms with Crippen LogP contribution in [0.15, 0.2) is 63.2 Å². The molecule has 0 unspecified atom stereocenters. The number of nitrogens with one attached hydrogen (secondary N) is 2. The lowest BCUT2D eigenvalue weighted by Gasteiger charge is -2.14. The van der Waals surface area contributed by atoms with Gasteiger partial charge in [0.2, 0.25) is 0 Å². The maximum atomic E-state index is 6.20. The number of hydrogen-bond acceptors (Lipinski definition) is 6. The molecule has 2 N–H and O–H groups in total. The summed E-state index contributed by atoms with van der Waals surface area (Å²) in [7, 11) is 0. The van der Waals surface area contributed by atoms with Crippen LogP contribution >= 0.6 is 0 Å². The predicted octanol–water partition coefficient (Wildman–Crippen LogP) is 3.23. The topological polar surface area (TPSA) is 79.2 Å². The molecule has 150 valence electrons. The lowest BCUT2D eigenvalue weighted by molar-refractivity contribution is 0.631. The second-order valence-electron chi connectivity index (χ2n) is 7.69. The summed E-state index contributed by atoms with van der Waals surface area (Å²) in [5.74, 6) is 2.66. The Hall–Kier alpha value is -3.61. The van der Waals surface area contributed by atoms with Crippen LogP contribution in [0.4, 0.5) is 0 Å². The summed E-state index contributed by atoms with van der Waals surface area (Å²) in [5.41, 5.74) is 4.69. The fourth-order valence-corrected chi connectivity index (χ4v) is 4.00. The largest absolute Gasteiger partial charge is 0.456 e. The monoisotopic (exact) mass is 398 g/mol. The van der Waals surface area contributed by atoms with Crippen molar-refractivity contribution in [1.29, 1.82) is 0 Å². The highest BCUT2D eigenvalue weighted by Gasteiger charge is 2.14. The summed E-state index contributed by atoms with van der Waals surface area (Å²) >= 11 is 0. The van der Waals surface area contributed by atoms with Crippen molar-refractivity contribution in [2.45, 2.75) is 12.8 Å². The van der Waals surface area contributed by atoms with Crippen molar-refractivity contribution in [2.75, 3.05) is 26.2 Å². The van der Waals surface area contributed by atoms with Crippen molar-refractivity contribution in [3.63, 3.8) is 0 Å². The van der Waals surface area contributed by atoms with Crippen LogP contribution in [0, 0.1) is 0 Å². The molecule has 3 aromatic heterocycles. The van der Waals surface area contributed by atoms with Crippen molar-refractivity contribution < 1.29 is 4.42 Å². The van der Waals surface area contributed by atoms with E-state index in [-0.39, 0.29) is 0 Å². The molecule has 0 amide bonds. The fourth-order valence-electron chi connectivity index (χ4n) is 4.00. The van der Waals surface area contributed by atoms with Gasteiger partial charge in [-0.1, -0.05) is 12.1 Å². The molecule has 0 saturated heterocycles. The van der Waals surface area contributed by atoms with Gasteiger partial charge in [0.15, 0.2) is 0 Å². The molecule has 6 rings (SSSR count). The lowest BCUT2D eigenvalue weighted by Crippen LogP contribution is -2.30. The molecule has 0 aliphatic carbocycles. The standard InChI is InChI=1S/C23H22N6O/c1-6-24-22(25-7-1)17-4-3-15-11-19(30-20(15)12-17)16-5-10-29-14-18(28-21(29)13-16)23-26-8-2-9-27-23/h3-5,10-14H,1-2,6-9H2,(H,24,25)(H,26,27).